The highest BCUT2D eigenvalue weighted by molar-refractivity contribution is 5.83. The fraction of sp³-hybridized carbons (Fsp3) is 0.444. The number of benzene rings is 2. The van der Waals surface area contributed by atoms with E-state index in [2.05, 4.69) is 48.6 Å². The third-order valence-electron chi connectivity index (χ3n) is 3.70. The Balaban J connectivity index is 1.78. The van der Waals surface area contributed by atoms with Crippen molar-refractivity contribution in [2.24, 2.45) is 0 Å². The number of hydrogen-bond donors (Lipinski definition) is 2. The first-order valence-corrected chi connectivity index (χ1v) is 7.69. The highest BCUT2D eigenvalue weighted by Crippen LogP contribution is 2.19. The molecule has 1 unspecified atom stereocenters. The molecule has 0 amide bonds. The summed E-state index contributed by atoms with van der Waals surface area (Å²) in [4.78, 5) is 2.20. The van der Waals surface area contributed by atoms with E-state index in [9.17, 15) is 5.11 Å². The van der Waals surface area contributed by atoms with Gasteiger partial charge in [0.15, 0.2) is 0 Å². The van der Waals surface area contributed by atoms with Crippen molar-refractivity contribution in [1.29, 1.82) is 0 Å². The van der Waals surface area contributed by atoms with E-state index in [1.807, 2.05) is 18.2 Å². The summed E-state index contributed by atoms with van der Waals surface area (Å²) in [5, 5.41) is 16.0. The van der Waals surface area contributed by atoms with Gasteiger partial charge in [-0.05, 0) is 62.4 Å². The maximum Gasteiger partial charge on any atom is 0.0914 e. The van der Waals surface area contributed by atoms with Crippen LogP contribution in [0.15, 0.2) is 42.5 Å². The standard InChI is InChI=1S/C18H26N2O/c1-20(2)12-6-5-11-19-14-18(21)17-10-9-15-7-3-4-8-16(15)13-17/h3-4,7-10,13,18-19,21H,5-6,11-12,14H2,1-2H3. The van der Waals surface area contributed by atoms with Crippen LogP contribution in [0.2, 0.25) is 0 Å². The van der Waals surface area contributed by atoms with E-state index in [4.69, 9.17) is 0 Å². The molecular weight excluding hydrogens is 260 g/mol. The number of rotatable bonds is 8. The Bertz CT molecular complexity index is 554. The first-order valence-electron chi connectivity index (χ1n) is 7.69. The van der Waals surface area contributed by atoms with Crippen molar-refractivity contribution >= 4 is 10.8 Å². The van der Waals surface area contributed by atoms with Gasteiger partial charge in [0, 0.05) is 6.54 Å². The SMILES string of the molecule is CN(C)CCCCNCC(O)c1ccc2ccccc2c1. The molecule has 3 heteroatoms. The van der Waals surface area contributed by atoms with Crippen molar-refractivity contribution in [3.63, 3.8) is 0 Å². The predicted molar refractivity (Wildman–Crippen MR) is 89.6 cm³/mol. The maximum absolute atomic E-state index is 10.3. The second kappa shape index (κ2) is 8.13. The molecule has 2 N–H and O–H groups in total. The summed E-state index contributed by atoms with van der Waals surface area (Å²) in [6.07, 6.45) is 1.89. The quantitative estimate of drug-likeness (QED) is 0.733. The van der Waals surface area contributed by atoms with Crippen molar-refractivity contribution in [3.05, 3.63) is 48.0 Å². The van der Waals surface area contributed by atoms with Crippen LogP contribution in [0.5, 0.6) is 0 Å². The van der Waals surface area contributed by atoms with E-state index in [0.717, 1.165) is 25.1 Å². The Morgan fingerprint density at radius 1 is 1.05 bits per heavy atom. The van der Waals surface area contributed by atoms with Crippen LogP contribution in [0.4, 0.5) is 0 Å². The third-order valence-corrected chi connectivity index (χ3v) is 3.70. The Hall–Kier alpha value is -1.42. The zero-order valence-corrected chi connectivity index (χ0v) is 13.0. The molecule has 0 radical (unpaired) electrons. The van der Waals surface area contributed by atoms with Crippen LogP contribution in [0.25, 0.3) is 10.8 Å². The lowest BCUT2D eigenvalue weighted by atomic mass is 10.0. The van der Waals surface area contributed by atoms with Crippen molar-refractivity contribution in [2.75, 3.05) is 33.7 Å². The smallest absolute Gasteiger partial charge is 0.0914 e. The Labute approximate surface area is 127 Å². The molecule has 114 valence electrons. The molecule has 0 saturated heterocycles. The van der Waals surface area contributed by atoms with Gasteiger partial charge >= 0.3 is 0 Å². The summed E-state index contributed by atoms with van der Waals surface area (Å²) in [5.74, 6) is 0. The van der Waals surface area contributed by atoms with Gasteiger partial charge in [-0.2, -0.15) is 0 Å². The molecule has 0 aromatic heterocycles. The number of aliphatic hydroxyl groups excluding tert-OH is 1. The van der Waals surface area contributed by atoms with Gasteiger partial charge in [0.25, 0.3) is 0 Å². The number of nitrogens with one attached hydrogen (secondary N) is 1. The fourth-order valence-electron chi connectivity index (χ4n) is 2.45. The number of fused-ring (bicyclic) bond motifs is 1. The predicted octanol–water partition coefficient (Wildman–Crippen LogP) is 2.80. The van der Waals surface area contributed by atoms with E-state index in [1.54, 1.807) is 0 Å². The monoisotopic (exact) mass is 286 g/mol. The topological polar surface area (TPSA) is 35.5 Å². The molecule has 0 saturated carbocycles. The minimum absolute atomic E-state index is 0.441. The van der Waals surface area contributed by atoms with Crippen LogP contribution < -0.4 is 5.32 Å². The molecule has 3 nitrogen and oxygen atoms in total. The summed E-state index contributed by atoms with van der Waals surface area (Å²) >= 11 is 0. The lowest BCUT2D eigenvalue weighted by Gasteiger charge is -2.14. The summed E-state index contributed by atoms with van der Waals surface area (Å²) in [6.45, 7) is 2.69. The lowest BCUT2D eigenvalue weighted by Crippen LogP contribution is -2.23. The molecular formula is C18H26N2O. The van der Waals surface area contributed by atoms with Gasteiger partial charge in [-0.3, -0.25) is 0 Å². The van der Waals surface area contributed by atoms with Crippen LogP contribution >= 0.6 is 0 Å². The minimum Gasteiger partial charge on any atom is -0.387 e. The van der Waals surface area contributed by atoms with E-state index < -0.39 is 6.10 Å². The Kier molecular flexibility index (Phi) is 6.18. The van der Waals surface area contributed by atoms with Crippen LogP contribution in [0.1, 0.15) is 24.5 Å². The van der Waals surface area contributed by atoms with E-state index in [1.165, 1.54) is 17.2 Å². The molecule has 2 aromatic carbocycles. The maximum atomic E-state index is 10.3. The minimum atomic E-state index is -0.441. The van der Waals surface area contributed by atoms with Gasteiger partial charge in [-0.25, -0.2) is 0 Å². The van der Waals surface area contributed by atoms with E-state index >= 15 is 0 Å². The average Bonchev–Trinajstić information content (AvgIpc) is 2.49. The number of nitrogens with zero attached hydrogens (tertiary/aromatic N) is 1. The van der Waals surface area contributed by atoms with Gasteiger partial charge in [0.2, 0.25) is 0 Å². The van der Waals surface area contributed by atoms with E-state index in [-0.39, 0.29) is 0 Å². The fourth-order valence-corrected chi connectivity index (χ4v) is 2.45. The molecule has 1 atom stereocenters. The largest absolute Gasteiger partial charge is 0.387 e. The molecule has 0 aliphatic rings. The van der Waals surface area contributed by atoms with Gasteiger partial charge in [0.1, 0.15) is 0 Å². The molecule has 0 spiro atoms. The summed E-state index contributed by atoms with van der Waals surface area (Å²) in [5.41, 5.74) is 0.981. The van der Waals surface area contributed by atoms with Crippen LogP contribution in [-0.4, -0.2) is 43.7 Å². The van der Waals surface area contributed by atoms with Crippen molar-refractivity contribution in [3.8, 4) is 0 Å². The second-order valence-corrected chi connectivity index (χ2v) is 5.84. The summed E-state index contributed by atoms with van der Waals surface area (Å²) < 4.78 is 0. The molecule has 0 aliphatic heterocycles. The summed E-state index contributed by atoms with van der Waals surface area (Å²) in [6, 6.07) is 14.4. The Morgan fingerprint density at radius 3 is 2.57 bits per heavy atom. The summed E-state index contributed by atoms with van der Waals surface area (Å²) in [7, 11) is 4.19. The van der Waals surface area contributed by atoms with Gasteiger partial charge in [-0.15, -0.1) is 0 Å². The molecule has 2 rings (SSSR count). The molecule has 2 aromatic rings. The van der Waals surface area contributed by atoms with Crippen LogP contribution in [0, 0.1) is 0 Å². The third kappa shape index (κ3) is 5.12. The van der Waals surface area contributed by atoms with Gasteiger partial charge < -0.3 is 15.3 Å². The lowest BCUT2D eigenvalue weighted by molar-refractivity contribution is 0.174. The first kappa shape index (κ1) is 16.0. The normalized spacial score (nSPS) is 13.0. The van der Waals surface area contributed by atoms with E-state index in [0.29, 0.717) is 6.54 Å². The zero-order chi connectivity index (χ0) is 15.1. The zero-order valence-electron chi connectivity index (χ0n) is 13.0. The van der Waals surface area contributed by atoms with Crippen molar-refractivity contribution < 1.29 is 5.11 Å². The molecule has 0 heterocycles. The number of hydrogen-bond acceptors (Lipinski definition) is 3. The molecule has 0 fully saturated rings. The average molecular weight is 286 g/mol. The van der Waals surface area contributed by atoms with Crippen LogP contribution in [-0.2, 0) is 0 Å². The van der Waals surface area contributed by atoms with Crippen molar-refractivity contribution in [1.82, 2.24) is 10.2 Å². The first-order chi connectivity index (χ1) is 10.2. The van der Waals surface area contributed by atoms with Gasteiger partial charge in [-0.1, -0.05) is 36.4 Å². The molecule has 21 heavy (non-hydrogen) atoms. The second-order valence-electron chi connectivity index (χ2n) is 5.84. The van der Waals surface area contributed by atoms with Crippen LogP contribution in [0.3, 0.4) is 0 Å². The van der Waals surface area contributed by atoms with Gasteiger partial charge in [0.05, 0.1) is 6.10 Å². The number of unbranched alkanes of at least 4 members (excludes halogenated alkanes) is 1. The molecule has 0 bridgehead atoms. The Morgan fingerprint density at radius 2 is 1.81 bits per heavy atom. The highest BCUT2D eigenvalue weighted by Gasteiger charge is 2.07. The van der Waals surface area contributed by atoms with Crippen molar-refractivity contribution in [2.45, 2.75) is 18.9 Å². The number of aliphatic hydroxyl groups is 1. The highest BCUT2D eigenvalue weighted by atomic mass is 16.3. The molecule has 0 aliphatic carbocycles.